The quantitative estimate of drug-likeness (QED) is 0.0226. The van der Waals surface area contributed by atoms with Crippen LogP contribution >= 0.6 is 0 Å². The monoisotopic (exact) mass is 1590 g/mol. The van der Waals surface area contributed by atoms with Crippen LogP contribution in [0.1, 0.15) is 168 Å². The molecule has 0 amide bonds. The summed E-state index contributed by atoms with van der Waals surface area (Å²) in [7, 11) is -13.2. The number of unbranched alkanes of at least 4 members (excludes halogenated alkanes) is 7. The fraction of sp³-hybridized carbons (Fsp3) is 0.391. The third kappa shape index (κ3) is 20.1. The summed E-state index contributed by atoms with van der Waals surface area (Å²) in [4.78, 5) is 38.5. The number of nitrogens with one attached hydrogen (secondary N) is 1. The molecule has 0 saturated heterocycles. The van der Waals surface area contributed by atoms with Crippen LogP contribution < -0.4 is 15.8 Å². The van der Waals surface area contributed by atoms with Crippen molar-refractivity contribution in [3.05, 3.63) is 226 Å². The average molecular weight is 1590 g/mol. The molecule has 10 aromatic carbocycles. The van der Waals surface area contributed by atoms with Crippen molar-refractivity contribution in [1.29, 1.82) is 0 Å². The molecule has 4 aromatic heterocycles. The predicted molar refractivity (Wildman–Crippen MR) is 467 cm³/mol. The smallest absolute Gasteiger partial charge is 0.264 e. The van der Waals surface area contributed by atoms with Gasteiger partial charge in [-0.25, -0.2) is 48.4 Å². The Morgan fingerprint density at radius 3 is 1.17 bits per heavy atom. The lowest BCUT2D eigenvalue weighted by Gasteiger charge is -2.30. The van der Waals surface area contributed by atoms with Crippen LogP contribution in [0.5, 0.6) is 0 Å². The highest BCUT2D eigenvalue weighted by atomic mass is 32.2. The zero-order valence-electron chi connectivity index (χ0n) is 66.3. The molecule has 0 saturated carbocycles. The minimum absolute atomic E-state index is 0.184. The normalized spacial score (nSPS) is 13.2. The van der Waals surface area contributed by atoms with Crippen LogP contribution in [0.4, 0.5) is 0 Å². The number of rotatable bonds is 34. The number of hydrogen-bond acceptors (Lipinski definition) is 12. The van der Waals surface area contributed by atoms with E-state index in [1.807, 2.05) is 140 Å². The molecule has 14 rings (SSSR count). The van der Waals surface area contributed by atoms with Gasteiger partial charge in [-0.3, -0.25) is 18.4 Å². The van der Waals surface area contributed by atoms with Gasteiger partial charge in [-0.2, -0.15) is 4.31 Å². The maximum Gasteiger partial charge on any atom is 0.264 e. The van der Waals surface area contributed by atoms with E-state index in [1.54, 1.807) is 43.4 Å². The number of fused-ring (bicyclic) bond motifs is 6. The first-order chi connectivity index (χ1) is 53.9. The minimum atomic E-state index is -3.87. The Balaban J connectivity index is 0.000000164. The van der Waals surface area contributed by atoms with E-state index in [4.69, 9.17) is 9.97 Å². The van der Waals surface area contributed by atoms with Crippen LogP contribution in [0.3, 0.4) is 0 Å². The standard InChI is InChI=1S/C38H45N3O3S.C30H29N3O3S.2C12H18O2S/c1-5-9-14-26(7-3)24-40(25-27(8-4)15-10-6-2)45(43,44)34-23-22-31-36-29(34)18-13-19-30(36)37-39-32-20-11-16-28-17-12-21-33(35(28)32)41(37)38(31)42;1-3-5-9-19(4-2)18-31-37(35,36)26-17-16-23-28-21(26)12-8-13-22(28)29-32-24-14-6-10-20-11-7-15-25(27(20)24)33(29)30(23)34;2*1-15(13,14)11-7-3-6-10-12-8-4-2-5-9-12/h11-13,16-23,26-27H,5-10,14-15,24-25H2,1-4H3;6-8,10-17,19,31H,3-5,9,18H2,1-2H3;2*2,4-5,8-9H,3,6-7,10-11H2,1H3. The van der Waals surface area contributed by atoms with Crippen LogP contribution in [0.2, 0.25) is 0 Å². The van der Waals surface area contributed by atoms with Crippen molar-refractivity contribution in [2.24, 2.45) is 17.8 Å². The SMILES string of the molecule is CCCCC(CC)CN(CC(CC)CCCC)S(=O)(=O)c1ccc2c(=O)n3c4cccc5cccc(nc3c3cccc1c23)c54.CCCCC(CC)CNS(=O)(=O)c1ccc2c(=O)n3c4cccc5cccc(nc3c3cccc1c23)c54.CS(=O)(=O)CCCCCc1ccccc1.CS(=O)(=O)CCCCCc1ccccc1. The summed E-state index contributed by atoms with van der Waals surface area (Å²) in [6.45, 7) is 14.4. The van der Waals surface area contributed by atoms with Gasteiger partial charge in [0.05, 0.1) is 31.9 Å². The molecule has 3 atom stereocenters. The van der Waals surface area contributed by atoms with E-state index >= 15 is 0 Å². The van der Waals surface area contributed by atoms with E-state index in [9.17, 15) is 43.3 Å². The largest absolute Gasteiger partial charge is 0.268 e. The van der Waals surface area contributed by atoms with Crippen molar-refractivity contribution < 1.29 is 33.7 Å². The van der Waals surface area contributed by atoms with E-state index in [-0.39, 0.29) is 20.9 Å². The van der Waals surface area contributed by atoms with Gasteiger partial charge in [-0.15, -0.1) is 0 Å². The molecule has 0 spiro atoms. The maximum absolute atomic E-state index is 14.8. The Labute approximate surface area is 661 Å². The summed E-state index contributed by atoms with van der Waals surface area (Å²) in [6.07, 6.45) is 22.8. The zero-order chi connectivity index (χ0) is 79.7. The second-order valence-corrected chi connectivity index (χ2v) is 38.6. The van der Waals surface area contributed by atoms with Gasteiger partial charge in [0.1, 0.15) is 31.0 Å². The maximum atomic E-state index is 14.8. The second-order valence-electron chi connectivity index (χ2n) is 30.4. The summed E-state index contributed by atoms with van der Waals surface area (Å²) in [6, 6.07) is 62.2. The first-order valence-corrected chi connectivity index (χ1v) is 47.4. The number of pyridine rings is 2. The van der Waals surface area contributed by atoms with Gasteiger partial charge in [0.25, 0.3) is 11.1 Å². The van der Waals surface area contributed by atoms with Crippen LogP contribution in [0, 0.1) is 17.8 Å². The molecule has 14 aromatic rings. The highest BCUT2D eigenvalue weighted by Gasteiger charge is 2.32. The average Bonchev–Trinajstić information content (AvgIpc) is 0.714. The van der Waals surface area contributed by atoms with E-state index in [0.29, 0.717) is 92.5 Å². The third-order valence-electron chi connectivity index (χ3n) is 22.1. The Bertz CT molecular complexity index is 6030. The number of nitrogens with zero attached hydrogens (tertiary/aromatic N) is 5. The predicted octanol–water partition coefficient (Wildman–Crippen LogP) is 20.3. The topological polar surface area (TPSA) is 221 Å². The fourth-order valence-electron chi connectivity index (χ4n) is 15.8. The number of aromatic nitrogens is 4. The van der Waals surface area contributed by atoms with Crippen molar-refractivity contribution in [1.82, 2.24) is 27.8 Å². The third-order valence-corrected chi connectivity index (χ3v) is 27.5. The molecule has 0 fully saturated rings. The molecule has 0 aliphatic carbocycles. The van der Waals surface area contributed by atoms with Gasteiger partial charge >= 0.3 is 0 Å². The number of aryl methyl sites for hydroxylation is 2. The Morgan fingerprint density at radius 2 is 0.759 bits per heavy atom. The minimum Gasteiger partial charge on any atom is -0.268 e. The van der Waals surface area contributed by atoms with E-state index < -0.39 is 39.7 Å². The van der Waals surface area contributed by atoms with Crippen LogP contribution in [0.25, 0.3) is 98.0 Å². The molecule has 592 valence electrons. The summed E-state index contributed by atoms with van der Waals surface area (Å²) in [5.41, 5.74) is 6.57. The molecule has 112 heavy (non-hydrogen) atoms. The molecule has 0 aliphatic rings. The molecule has 20 heteroatoms. The summed E-state index contributed by atoms with van der Waals surface area (Å²) < 4.78 is 108. The zero-order valence-corrected chi connectivity index (χ0v) is 69.6. The number of sulfone groups is 2. The summed E-state index contributed by atoms with van der Waals surface area (Å²) in [5, 5.41) is 8.88. The van der Waals surface area contributed by atoms with Crippen molar-refractivity contribution in [3.63, 3.8) is 0 Å². The van der Waals surface area contributed by atoms with E-state index in [2.05, 4.69) is 70.5 Å². The van der Waals surface area contributed by atoms with E-state index in [1.165, 1.54) is 23.6 Å². The molecule has 3 unspecified atom stereocenters. The molecule has 0 radical (unpaired) electrons. The number of sulfonamides is 2. The molecule has 1 N–H and O–H groups in total. The van der Waals surface area contributed by atoms with Crippen LogP contribution in [0.15, 0.2) is 214 Å². The molecule has 0 aliphatic heterocycles. The molecular weight excluding hydrogens is 1480 g/mol. The van der Waals surface area contributed by atoms with Crippen molar-refractivity contribution in [3.8, 4) is 0 Å². The Kier molecular flexibility index (Phi) is 28.8. The highest BCUT2D eigenvalue weighted by molar-refractivity contribution is 7.91. The number of benzene rings is 10. The van der Waals surface area contributed by atoms with Gasteiger partial charge in [-0.05, 0) is 146 Å². The number of hydrogen-bond donors (Lipinski definition) is 1. The summed E-state index contributed by atoms with van der Waals surface area (Å²) >= 11 is 0. The first kappa shape index (κ1) is 84.2. The van der Waals surface area contributed by atoms with Crippen molar-refractivity contribution in [2.75, 3.05) is 43.7 Å². The van der Waals surface area contributed by atoms with Gasteiger partial charge in [0, 0.05) is 97.5 Å². The van der Waals surface area contributed by atoms with Gasteiger partial charge in [-0.1, -0.05) is 258 Å². The van der Waals surface area contributed by atoms with Gasteiger partial charge in [0.15, 0.2) is 0 Å². The molecule has 16 nitrogen and oxygen atoms in total. The molecule has 4 heterocycles. The highest BCUT2D eigenvalue weighted by Crippen LogP contribution is 2.39. The molecule has 0 bridgehead atoms. The fourth-order valence-corrected chi connectivity index (χ4v) is 20.3. The lowest BCUT2D eigenvalue weighted by molar-refractivity contribution is 0.270. The van der Waals surface area contributed by atoms with Crippen LogP contribution in [-0.4, -0.2) is 100 Å². The Morgan fingerprint density at radius 1 is 0.375 bits per heavy atom. The summed E-state index contributed by atoms with van der Waals surface area (Å²) in [5.74, 6) is 1.55. The van der Waals surface area contributed by atoms with Gasteiger partial charge < -0.3 is 0 Å². The van der Waals surface area contributed by atoms with Crippen LogP contribution in [-0.2, 0) is 52.6 Å². The van der Waals surface area contributed by atoms with Crippen molar-refractivity contribution in [2.45, 2.75) is 180 Å². The lowest BCUT2D eigenvalue weighted by atomic mass is 9.97. The van der Waals surface area contributed by atoms with Crippen molar-refractivity contribution >= 4 is 138 Å². The Hall–Kier alpha value is -8.76. The molecular formula is C92H110N6O10S4. The lowest BCUT2D eigenvalue weighted by Crippen LogP contribution is -2.39. The van der Waals surface area contributed by atoms with E-state index in [0.717, 1.165) is 183 Å². The second kappa shape index (κ2) is 38.4. The van der Waals surface area contributed by atoms with Gasteiger partial charge in [0.2, 0.25) is 20.0 Å². The first-order valence-electron chi connectivity index (χ1n) is 40.4.